The second-order valence-electron chi connectivity index (χ2n) is 5.91. The van der Waals surface area contributed by atoms with Crippen LogP contribution in [0.15, 0.2) is 11.1 Å². The molecule has 3 heterocycles. The molecule has 3 atom stereocenters. The molecule has 0 aliphatic carbocycles. The minimum absolute atomic E-state index is 0.0623. The fourth-order valence-electron chi connectivity index (χ4n) is 2.38. The Balaban J connectivity index is 1.97. The van der Waals surface area contributed by atoms with Crippen molar-refractivity contribution in [2.24, 2.45) is 11.7 Å². The Bertz CT molecular complexity index is 816. The van der Waals surface area contributed by atoms with Gasteiger partial charge in [0.15, 0.2) is 11.2 Å². The van der Waals surface area contributed by atoms with E-state index in [1.165, 1.54) is 6.33 Å². The minimum atomic E-state index is -0.447. The van der Waals surface area contributed by atoms with Crippen molar-refractivity contribution in [3.63, 3.8) is 0 Å². The first-order valence-corrected chi connectivity index (χ1v) is 7.38. The number of carbonyl (C=O) groups is 1. The lowest BCUT2D eigenvalue weighted by atomic mass is 10.2. The molecular formula is C14H20N6O3. The molecule has 9 heteroatoms. The van der Waals surface area contributed by atoms with Gasteiger partial charge in [0.25, 0.3) is 5.56 Å². The molecule has 0 aromatic carbocycles. The van der Waals surface area contributed by atoms with Crippen LogP contribution >= 0.6 is 0 Å². The van der Waals surface area contributed by atoms with Crippen molar-refractivity contribution in [1.29, 1.82) is 0 Å². The van der Waals surface area contributed by atoms with Crippen LogP contribution in [0.3, 0.4) is 0 Å². The van der Waals surface area contributed by atoms with Crippen molar-refractivity contribution in [2.45, 2.75) is 45.5 Å². The summed E-state index contributed by atoms with van der Waals surface area (Å²) < 4.78 is 14.8. The molecular weight excluding hydrogens is 300 g/mol. The molecule has 1 saturated heterocycles. The summed E-state index contributed by atoms with van der Waals surface area (Å²) >= 11 is 0. The maximum absolute atomic E-state index is 12.1. The van der Waals surface area contributed by atoms with Gasteiger partial charge >= 0.3 is 0 Å². The highest BCUT2D eigenvalue weighted by molar-refractivity contribution is 5.91. The SMILES string of the molecule is [2H]CC1OC(n2cnc3c(=O)[nH]c(NC(=O)C(C)C)nc32)C[C@@H]1N. The van der Waals surface area contributed by atoms with Crippen LogP contribution in [0, 0.1) is 5.92 Å². The van der Waals surface area contributed by atoms with Gasteiger partial charge in [-0.2, -0.15) is 4.98 Å². The number of nitrogens with two attached hydrogens (primary N) is 1. The zero-order chi connectivity index (χ0) is 17.4. The third kappa shape index (κ3) is 2.84. The number of aromatic amines is 1. The quantitative estimate of drug-likeness (QED) is 0.748. The topological polar surface area (TPSA) is 128 Å². The Morgan fingerprint density at radius 2 is 2.43 bits per heavy atom. The van der Waals surface area contributed by atoms with Gasteiger partial charge in [-0.1, -0.05) is 13.8 Å². The molecule has 1 aliphatic heterocycles. The Labute approximate surface area is 133 Å². The van der Waals surface area contributed by atoms with E-state index in [4.69, 9.17) is 11.8 Å². The van der Waals surface area contributed by atoms with Crippen molar-refractivity contribution in [1.82, 2.24) is 19.5 Å². The predicted octanol–water partition coefficient (Wildman–Crippen LogP) is 0.349. The number of imidazole rings is 1. The number of fused-ring (bicyclic) bond motifs is 1. The van der Waals surface area contributed by atoms with E-state index in [-0.39, 0.29) is 42.3 Å². The van der Waals surface area contributed by atoms with Crippen LogP contribution in [0.2, 0.25) is 0 Å². The maximum atomic E-state index is 12.1. The van der Waals surface area contributed by atoms with Crippen LogP contribution in [0.5, 0.6) is 0 Å². The van der Waals surface area contributed by atoms with E-state index in [1.807, 2.05) is 0 Å². The van der Waals surface area contributed by atoms with E-state index in [1.54, 1.807) is 18.4 Å². The van der Waals surface area contributed by atoms with Gasteiger partial charge in [-0.15, -0.1) is 0 Å². The second-order valence-corrected chi connectivity index (χ2v) is 5.91. The highest BCUT2D eigenvalue weighted by atomic mass is 16.5. The molecule has 2 unspecified atom stereocenters. The number of carbonyl (C=O) groups excluding carboxylic acids is 1. The van der Waals surface area contributed by atoms with Crippen molar-refractivity contribution < 1.29 is 10.9 Å². The first-order chi connectivity index (χ1) is 11.4. The van der Waals surface area contributed by atoms with Gasteiger partial charge in [0.05, 0.1) is 12.4 Å². The smallest absolute Gasteiger partial charge is 0.280 e. The molecule has 0 bridgehead atoms. The molecule has 1 amide bonds. The van der Waals surface area contributed by atoms with Crippen LogP contribution < -0.4 is 16.6 Å². The van der Waals surface area contributed by atoms with Gasteiger partial charge in [-0.3, -0.25) is 24.5 Å². The van der Waals surface area contributed by atoms with Crippen molar-refractivity contribution in [3.05, 3.63) is 16.7 Å². The maximum Gasteiger partial charge on any atom is 0.280 e. The fourth-order valence-corrected chi connectivity index (χ4v) is 2.38. The first-order valence-electron chi connectivity index (χ1n) is 8.09. The van der Waals surface area contributed by atoms with Gasteiger partial charge in [0, 0.05) is 19.8 Å². The largest absolute Gasteiger partial charge is 0.353 e. The number of nitrogens with one attached hydrogen (secondary N) is 2. The monoisotopic (exact) mass is 321 g/mol. The third-order valence-electron chi connectivity index (χ3n) is 3.79. The summed E-state index contributed by atoms with van der Waals surface area (Å²) in [5.74, 6) is -0.436. The molecule has 0 saturated carbocycles. The average Bonchev–Trinajstić information content (AvgIpc) is 3.10. The number of hydrogen-bond donors (Lipinski definition) is 3. The number of rotatable bonds is 3. The van der Waals surface area contributed by atoms with Gasteiger partial charge in [0.2, 0.25) is 11.9 Å². The van der Waals surface area contributed by atoms with Gasteiger partial charge < -0.3 is 10.5 Å². The lowest BCUT2D eigenvalue weighted by Crippen LogP contribution is -2.26. The number of amides is 1. The summed E-state index contributed by atoms with van der Waals surface area (Å²) in [6.45, 7) is 3.55. The lowest BCUT2D eigenvalue weighted by molar-refractivity contribution is -0.118. The Kier molecular flexibility index (Phi) is 3.58. The molecule has 4 N–H and O–H groups in total. The number of anilines is 1. The Hall–Kier alpha value is -2.26. The zero-order valence-electron chi connectivity index (χ0n) is 13.9. The molecule has 2 aromatic rings. The first kappa shape index (κ1) is 14.3. The van der Waals surface area contributed by atoms with Gasteiger partial charge in [0.1, 0.15) is 6.23 Å². The number of nitrogens with zero attached hydrogens (tertiary/aromatic N) is 3. The molecule has 124 valence electrons. The van der Waals surface area contributed by atoms with E-state index in [2.05, 4.69) is 20.3 Å². The van der Waals surface area contributed by atoms with Crippen LogP contribution in [0.4, 0.5) is 5.95 Å². The highest BCUT2D eigenvalue weighted by Crippen LogP contribution is 2.29. The number of ether oxygens (including phenoxy) is 1. The molecule has 0 spiro atoms. The summed E-state index contributed by atoms with van der Waals surface area (Å²) in [5.41, 5.74) is 5.98. The van der Waals surface area contributed by atoms with E-state index in [0.717, 1.165) is 0 Å². The van der Waals surface area contributed by atoms with E-state index in [0.29, 0.717) is 12.1 Å². The molecule has 1 aliphatic rings. The number of aromatic nitrogens is 4. The minimum Gasteiger partial charge on any atom is -0.353 e. The predicted molar refractivity (Wildman–Crippen MR) is 83.8 cm³/mol. The third-order valence-corrected chi connectivity index (χ3v) is 3.79. The lowest BCUT2D eigenvalue weighted by Gasteiger charge is -2.13. The van der Waals surface area contributed by atoms with Crippen LogP contribution in [-0.2, 0) is 9.53 Å². The normalized spacial score (nSPS) is 25.0. The van der Waals surface area contributed by atoms with Crippen molar-refractivity contribution in [2.75, 3.05) is 5.32 Å². The zero-order valence-corrected chi connectivity index (χ0v) is 12.9. The second kappa shape index (κ2) is 5.74. The van der Waals surface area contributed by atoms with Gasteiger partial charge in [-0.05, 0) is 6.90 Å². The van der Waals surface area contributed by atoms with E-state index >= 15 is 0 Å². The van der Waals surface area contributed by atoms with E-state index in [9.17, 15) is 9.59 Å². The Morgan fingerprint density at radius 1 is 1.65 bits per heavy atom. The fraction of sp³-hybridized carbons (Fsp3) is 0.571. The summed E-state index contributed by atoms with van der Waals surface area (Å²) in [6.07, 6.45) is 1.15. The molecule has 9 nitrogen and oxygen atoms in total. The summed E-state index contributed by atoms with van der Waals surface area (Å²) in [6, 6.07) is -0.257. The molecule has 3 rings (SSSR count). The average molecular weight is 321 g/mol. The van der Waals surface area contributed by atoms with E-state index < -0.39 is 11.8 Å². The van der Waals surface area contributed by atoms with Crippen LogP contribution in [-0.4, -0.2) is 37.6 Å². The standard InChI is InChI=1S/C14H20N6O3/c1-6(2)12(21)18-14-17-11-10(13(22)19-14)16-5-20(11)9-4-8(15)7(3)23-9/h5-9H,4,15H2,1-3H3,(H2,17,18,19,21,22)/t7?,8-,9?/m0/s1/i3D. The van der Waals surface area contributed by atoms with Crippen molar-refractivity contribution >= 4 is 23.0 Å². The van der Waals surface area contributed by atoms with Crippen LogP contribution in [0.25, 0.3) is 11.2 Å². The number of H-pyrrole nitrogens is 1. The molecule has 2 aromatic heterocycles. The summed E-state index contributed by atoms with van der Waals surface area (Å²) in [5, 5.41) is 2.57. The van der Waals surface area contributed by atoms with Crippen molar-refractivity contribution in [3.8, 4) is 0 Å². The number of hydrogen-bond acceptors (Lipinski definition) is 6. The summed E-state index contributed by atoms with van der Waals surface area (Å²) in [7, 11) is 0. The summed E-state index contributed by atoms with van der Waals surface area (Å²) in [4.78, 5) is 34.8. The Morgan fingerprint density at radius 3 is 3.09 bits per heavy atom. The highest BCUT2D eigenvalue weighted by Gasteiger charge is 2.32. The van der Waals surface area contributed by atoms with Crippen LogP contribution in [0.1, 0.15) is 34.8 Å². The molecule has 0 radical (unpaired) electrons. The molecule has 1 fully saturated rings. The molecule has 23 heavy (non-hydrogen) atoms. The van der Waals surface area contributed by atoms with Gasteiger partial charge in [-0.25, -0.2) is 4.98 Å².